The molecule has 0 aliphatic rings. The molecule has 0 amide bonds. The maximum absolute atomic E-state index is 10.7. The zero-order chi connectivity index (χ0) is 7.82. The average Bonchev–Trinajstić information content (AvgIpc) is 1.97. The molecular weight excluding hydrogens is 230 g/mol. The molecule has 58 valence electrons. The number of rotatable bonds is 6. The summed E-state index contributed by atoms with van der Waals surface area (Å²) in [5.41, 5.74) is 0. The molecule has 0 aliphatic carbocycles. The summed E-state index contributed by atoms with van der Waals surface area (Å²) in [6.07, 6.45) is 0. The molecule has 0 saturated heterocycles. The molecule has 0 bridgehead atoms. The van der Waals surface area contributed by atoms with Crippen LogP contribution in [0.3, 0.4) is 0 Å². The highest BCUT2D eigenvalue weighted by atomic mass is 32.7. The van der Waals surface area contributed by atoms with Gasteiger partial charge in [0.25, 0.3) is 0 Å². The van der Waals surface area contributed by atoms with Crippen LogP contribution in [0.2, 0.25) is 0 Å². The lowest BCUT2D eigenvalue weighted by molar-refractivity contribution is 0.602. The molecule has 0 rings (SSSR count). The van der Waals surface area contributed by atoms with Crippen LogP contribution in [0.5, 0.6) is 0 Å². The van der Waals surface area contributed by atoms with Gasteiger partial charge in [0.05, 0.1) is 0 Å². The second-order valence-electron chi connectivity index (χ2n) is 1.08. The van der Waals surface area contributed by atoms with Gasteiger partial charge in [-0.15, -0.1) is 0 Å². The third-order valence-corrected chi connectivity index (χ3v) is 6.16. The van der Waals surface area contributed by atoms with E-state index in [-0.39, 0.29) is 15.3 Å². The van der Waals surface area contributed by atoms with E-state index < -0.39 is 11.2 Å². The van der Waals surface area contributed by atoms with Gasteiger partial charge in [-0.25, -0.2) is 0 Å². The first-order valence-corrected chi connectivity index (χ1v) is 8.35. The third kappa shape index (κ3) is 7.32. The fourth-order valence-corrected chi connectivity index (χ4v) is 5.25. The molecule has 0 N–H and O–H groups in total. The third-order valence-electron chi connectivity index (χ3n) is 0.474. The van der Waals surface area contributed by atoms with Crippen molar-refractivity contribution in [1.29, 1.82) is 0 Å². The molecule has 0 fully saturated rings. The molecule has 0 aromatic carbocycles. The van der Waals surface area contributed by atoms with E-state index in [1.807, 2.05) is 0 Å². The minimum absolute atomic E-state index is 0.0565. The Morgan fingerprint density at radius 2 is 1.60 bits per heavy atom. The Kier molecular flexibility index (Phi) is 9.31. The fourth-order valence-electron chi connectivity index (χ4n) is 0.195. The average molecular weight is 234 g/mol. The highest BCUT2D eigenvalue weighted by molar-refractivity contribution is 8.51. The number of hydrogen-bond acceptors (Lipinski definition) is 5. The van der Waals surface area contributed by atoms with Crippen molar-refractivity contribution in [3.8, 4) is 0 Å². The van der Waals surface area contributed by atoms with Crippen LogP contribution in [0.15, 0.2) is 0 Å². The van der Waals surface area contributed by atoms with Gasteiger partial charge in [0.2, 0.25) is 15.3 Å². The summed E-state index contributed by atoms with van der Waals surface area (Å²) >= 11 is 1.12. The minimum atomic E-state index is -1.01. The van der Waals surface area contributed by atoms with E-state index in [2.05, 4.69) is 0 Å². The fraction of sp³-hybridized carbons (Fsp3) is 1.00. The van der Waals surface area contributed by atoms with E-state index in [0.29, 0.717) is 10.2 Å². The SMILES string of the molecule is O=PSC[S+]([O-])CSP=O. The van der Waals surface area contributed by atoms with Crippen molar-refractivity contribution >= 4 is 49.3 Å². The van der Waals surface area contributed by atoms with Gasteiger partial charge >= 0.3 is 0 Å². The summed E-state index contributed by atoms with van der Waals surface area (Å²) in [5, 5.41) is 0.682. The van der Waals surface area contributed by atoms with Crippen molar-refractivity contribution in [3.63, 3.8) is 0 Å². The molecule has 0 aliphatic heterocycles. The molecule has 0 saturated carbocycles. The van der Waals surface area contributed by atoms with Gasteiger partial charge in [0, 0.05) is 0 Å². The van der Waals surface area contributed by atoms with Gasteiger partial charge in [0.1, 0.15) is 0 Å². The van der Waals surface area contributed by atoms with Crippen LogP contribution >= 0.6 is 38.1 Å². The summed E-state index contributed by atoms with van der Waals surface area (Å²) in [4.78, 5) is 0. The lowest BCUT2D eigenvalue weighted by atomic mass is 11.9. The standard InChI is InChI=1S/C2H4O3P2S3/c3-6-8-1-10(5)2-9-7-4/h1-2H2. The van der Waals surface area contributed by atoms with Crippen LogP contribution in [0.4, 0.5) is 0 Å². The Morgan fingerprint density at radius 1 is 1.20 bits per heavy atom. The topological polar surface area (TPSA) is 57.2 Å². The summed E-state index contributed by atoms with van der Waals surface area (Å²) in [7, 11) is -0.113. The molecule has 0 spiro atoms. The lowest BCUT2D eigenvalue weighted by Gasteiger charge is -2.03. The Hall–Kier alpha value is 1.21. The minimum Gasteiger partial charge on any atom is -0.615 e. The second-order valence-corrected chi connectivity index (χ2v) is 7.11. The van der Waals surface area contributed by atoms with Gasteiger partial charge in [-0.2, -0.15) is 0 Å². The molecule has 10 heavy (non-hydrogen) atoms. The quantitative estimate of drug-likeness (QED) is 0.522. The summed E-state index contributed by atoms with van der Waals surface area (Å²) in [6, 6.07) is 0. The molecule has 8 heteroatoms. The zero-order valence-electron chi connectivity index (χ0n) is 4.76. The summed E-state index contributed by atoms with van der Waals surface area (Å²) in [6.45, 7) is 0. The van der Waals surface area contributed by atoms with Crippen molar-refractivity contribution < 1.29 is 13.7 Å². The maximum Gasteiger partial charge on any atom is 0.231 e. The molecule has 0 heterocycles. The zero-order valence-corrected chi connectivity index (χ0v) is 9.00. The number of hydrogen-bond donors (Lipinski definition) is 0. The summed E-state index contributed by atoms with van der Waals surface area (Å²) < 4.78 is 30.4. The van der Waals surface area contributed by atoms with Crippen molar-refractivity contribution in [2.75, 3.05) is 10.2 Å². The Balaban J connectivity index is 3.15. The van der Waals surface area contributed by atoms with Crippen LogP contribution in [-0.4, -0.2) is 14.7 Å². The Labute approximate surface area is 73.2 Å². The van der Waals surface area contributed by atoms with E-state index in [9.17, 15) is 13.7 Å². The van der Waals surface area contributed by atoms with Crippen molar-refractivity contribution in [2.24, 2.45) is 0 Å². The molecular formula is C2H4O3P2S3. The first-order valence-electron chi connectivity index (χ1n) is 2.05. The van der Waals surface area contributed by atoms with Crippen LogP contribution in [-0.2, 0) is 20.3 Å². The maximum atomic E-state index is 10.7. The molecule has 0 atom stereocenters. The van der Waals surface area contributed by atoms with Gasteiger partial charge in [-0.1, -0.05) is 0 Å². The second kappa shape index (κ2) is 8.31. The predicted octanol–water partition coefficient (Wildman–Crippen LogP) is 2.53. The Bertz CT molecular complexity index is 99.9. The van der Waals surface area contributed by atoms with Crippen molar-refractivity contribution in [3.05, 3.63) is 0 Å². The Morgan fingerprint density at radius 3 is 1.90 bits per heavy atom. The van der Waals surface area contributed by atoms with Crippen LogP contribution in [0, 0.1) is 0 Å². The van der Waals surface area contributed by atoms with Gasteiger partial charge in [-0.3, -0.25) is 9.13 Å². The van der Waals surface area contributed by atoms with Gasteiger partial charge in [0.15, 0.2) is 10.2 Å². The normalized spacial score (nSPS) is 14.1. The van der Waals surface area contributed by atoms with Crippen LogP contribution < -0.4 is 0 Å². The van der Waals surface area contributed by atoms with Crippen molar-refractivity contribution in [2.45, 2.75) is 0 Å². The molecule has 3 nitrogen and oxygen atoms in total. The smallest absolute Gasteiger partial charge is 0.231 e. The molecule has 0 unspecified atom stereocenters. The van der Waals surface area contributed by atoms with Gasteiger partial charge < -0.3 is 4.55 Å². The van der Waals surface area contributed by atoms with Crippen LogP contribution in [0.25, 0.3) is 0 Å². The molecule has 0 radical (unpaired) electrons. The van der Waals surface area contributed by atoms with E-state index in [1.54, 1.807) is 0 Å². The predicted molar refractivity (Wildman–Crippen MR) is 48.3 cm³/mol. The van der Waals surface area contributed by atoms with E-state index in [1.165, 1.54) is 0 Å². The summed E-state index contributed by atoms with van der Waals surface area (Å²) in [5.74, 6) is 0. The monoisotopic (exact) mass is 234 g/mol. The lowest BCUT2D eigenvalue weighted by Crippen LogP contribution is -2.03. The van der Waals surface area contributed by atoms with Crippen LogP contribution in [0.1, 0.15) is 0 Å². The van der Waals surface area contributed by atoms with E-state index >= 15 is 0 Å². The highest BCUT2D eigenvalue weighted by Gasteiger charge is 2.05. The van der Waals surface area contributed by atoms with E-state index in [4.69, 9.17) is 0 Å². The van der Waals surface area contributed by atoms with E-state index in [0.717, 1.165) is 22.8 Å². The van der Waals surface area contributed by atoms with Crippen molar-refractivity contribution in [1.82, 2.24) is 0 Å². The largest absolute Gasteiger partial charge is 0.615 e. The highest BCUT2D eigenvalue weighted by Crippen LogP contribution is 2.24. The first-order chi connectivity index (χ1) is 4.81. The molecule has 0 aromatic heterocycles. The first kappa shape index (κ1) is 11.2. The molecule has 0 aromatic rings. The van der Waals surface area contributed by atoms with Gasteiger partial charge in [-0.05, 0) is 33.9 Å².